The van der Waals surface area contributed by atoms with E-state index in [2.05, 4.69) is 0 Å². The molecule has 90 valence electrons. The number of aliphatic hydroxyl groups excluding tert-OH is 1. The number of halogens is 1. The van der Waals surface area contributed by atoms with Gasteiger partial charge in [-0.1, -0.05) is 19.1 Å². The molecule has 2 atom stereocenters. The molecule has 0 amide bonds. The zero-order valence-corrected chi connectivity index (χ0v) is 9.82. The number of hydrogen-bond acceptors (Lipinski definition) is 2. The molecule has 2 unspecified atom stereocenters. The fourth-order valence-electron chi connectivity index (χ4n) is 1.86. The highest BCUT2D eigenvalue weighted by atomic mass is 19.1. The van der Waals surface area contributed by atoms with E-state index in [0.717, 1.165) is 12.0 Å². The largest absolute Gasteiger partial charge is 0.396 e. The van der Waals surface area contributed by atoms with Crippen molar-refractivity contribution in [2.75, 3.05) is 20.3 Å². The lowest BCUT2D eigenvalue weighted by Crippen LogP contribution is -2.15. The summed E-state index contributed by atoms with van der Waals surface area (Å²) >= 11 is 0. The molecule has 3 heteroatoms. The summed E-state index contributed by atoms with van der Waals surface area (Å²) in [6, 6.07) is 6.44. The molecule has 0 saturated carbocycles. The van der Waals surface area contributed by atoms with Crippen LogP contribution in [-0.4, -0.2) is 25.4 Å². The van der Waals surface area contributed by atoms with Crippen LogP contribution in [0.3, 0.4) is 0 Å². The number of ether oxygens (including phenoxy) is 1. The van der Waals surface area contributed by atoms with Crippen molar-refractivity contribution >= 4 is 0 Å². The van der Waals surface area contributed by atoms with Crippen molar-refractivity contribution in [3.05, 3.63) is 35.6 Å². The number of rotatable bonds is 6. The third kappa shape index (κ3) is 3.58. The normalized spacial score (nSPS) is 14.8. The standard InChI is InChI=1S/C13H19FO2/c1-10(6-7-16-2)13(9-15)11-4-3-5-12(14)8-11/h3-5,8,10,13,15H,6-7,9H2,1-2H3. The maximum atomic E-state index is 13.1. The molecule has 0 bridgehead atoms. The Morgan fingerprint density at radius 1 is 1.44 bits per heavy atom. The average Bonchev–Trinajstić information content (AvgIpc) is 2.27. The summed E-state index contributed by atoms with van der Waals surface area (Å²) in [5.41, 5.74) is 0.853. The number of benzene rings is 1. The van der Waals surface area contributed by atoms with Gasteiger partial charge in [0.15, 0.2) is 0 Å². The van der Waals surface area contributed by atoms with Gasteiger partial charge in [0.05, 0.1) is 6.61 Å². The minimum atomic E-state index is -0.255. The van der Waals surface area contributed by atoms with Crippen LogP contribution in [0.25, 0.3) is 0 Å². The Bertz CT molecular complexity index is 315. The zero-order chi connectivity index (χ0) is 12.0. The van der Waals surface area contributed by atoms with Crippen LogP contribution >= 0.6 is 0 Å². The third-order valence-electron chi connectivity index (χ3n) is 2.94. The van der Waals surface area contributed by atoms with Crippen LogP contribution in [-0.2, 0) is 4.74 Å². The fraction of sp³-hybridized carbons (Fsp3) is 0.538. The fourth-order valence-corrected chi connectivity index (χ4v) is 1.86. The molecule has 0 spiro atoms. The summed E-state index contributed by atoms with van der Waals surface area (Å²) < 4.78 is 18.1. The van der Waals surface area contributed by atoms with Crippen molar-refractivity contribution < 1.29 is 14.2 Å². The predicted octanol–water partition coefficient (Wildman–Crippen LogP) is 2.57. The lowest BCUT2D eigenvalue weighted by molar-refractivity contribution is 0.159. The van der Waals surface area contributed by atoms with Crippen LogP contribution < -0.4 is 0 Å². The van der Waals surface area contributed by atoms with Crippen LogP contribution in [0.1, 0.15) is 24.8 Å². The lowest BCUT2D eigenvalue weighted by Gasteiger charge is -2.22. The van der Waals surface area contributed by atoms with Crippen molar-refractivity contribution in [2.24, 2.45) is 5.92 Å². The molecule has 1 N–H and O–H groups in total. The van der Waals surface area contributed by atoms with Gasteiger partial charge in [-0.3, -0.25) is 0 Å². The van der Waals surface area contributed by atoms with Gasteiger partial charge in [-0.05, 0) is 30.0 Å². The second-order valence-electron chi connectivity index (χ2n) is 4.10. The van der Waals surface area contributed by atoms with Crippen molar-refractivity contribution in [1.82, 2.24) is 0 Å². The summed E-state index contributed by atoms with van der Waals surface area (Å²) in [5.74, 6) is -0.00695. The molecule has 1 rings (SSSR count). The minimum absolute atomic E-state index is 0.0224. The number of methoxy groups -OCH3 is 1. The van der Waals surface area contributed by atoms with E-state index in [0.29, 0.717) is 6.61 Å². The summed E-state index contributed by atoms with van der Waals surface area (Å²) in [6.45, 7) is 2.74. The quantitative estimate of drug-likeness (QED) is 0.807. The van der Waals surface area contributed by atoms with Crippen LogP contribution in [0.2, 0.25) is 0 Å². The molecule has 0 heterocycles. The Kier molecular flexibility index (Phi) is 5.43. The number of aliphatic hydroxyl groups is 1. The first-order chi connectivity index (χ1) is 7.69. The van der Waals surface area contributed by atoms with Crippen molar-refractivity contribution in [3.63, 3.8) is 0 Å². The van der Waals surface area contributed by atoms with Crippen LogP contribution in [0.5, 0.6) is 0 Å². The second-order valence-corrected chi connectivity index (χ2v) is 4.10. The van der Waals surface area contributed by atoms with Gasteiger partial charge in [0.25, 0.3) is 0 Å². The molecular weight excluding hydrogens is 207 g/mol. The molecule has 0 aliphatic heterocycles. The first-order valence-electron chi connectivity index (χ1n) is 5.54. The van der Waals surface area contributed by atoms with Crippen molar-refractivity contribution in [1.29, 1.82) is 0 Å². The Balaban J connectivity index is 2.73. The van der Waals surface area contributed by atoms with E-state index in [9.17, 15) is 9.50 Å². The van der Waals surface area contributed by atoms with Gasteiger partial charge in [0, 0.05) is 19.6 Å². The van der Waals surface area contributed by atoms with Gasteiger partial charge in [0.2, 0.25) is 0 Å². The molecule has 0 radical (unpaired) electrons. The van der Waals surface area contributed by atoms with E-state index in [1.807, 2.05) is 13.0 Å². The Labute approximate surface area is 96.1 Å². The minimum Gasteiger partial charge on any atom is -0.396 e. The molecule has 0 aliphatic carbocycles. The van der Waals surface area contributed by atoms with Gasteiger partial charge in [-0.2, -0.15) is 0 Å². The highest BCUT2D eigenvalue weighted by molar-refractivity contribution is 5.21. The summed E-state index contributed by atoms with van der Waals surface area (Å²) in [5, 5.41) is 9.38. The molecule has 0 saturated heterocycles. The van der Waals surface area contributed by atoms with Gasteiger partial charge < -0.3 is 9.84 Å². The van der Waals surface area contributed by atoms with Gasteiger partial charge in [-0.25, -0.2) is 4.39 Å². The second kappa shape index (κ2) is 6.61. The van der Waals surface area contributed by atoms with E-state index in [1.54, 1.807) is 13.2 Å². The first-order valence-corrected chi connectivity index (χ1v) is 5.54. The van der Waals surface area contributed by atoms with Crippen LogP contribution in [0.4, 0.5) is 4.39 Å². The van der Waals surface area contributed by atoms with Crippen LogP contribution in [0, 0.1) is 11.7 Å². The Morgan fingerprint density at radius 2 is 2.19 bits per heavy atom. The van der Waals surface area contributed by atoms with E-state index >= 15 is 0 Å². The molecule has 1 aromatic rings. The summed E-state index contributed by atoms with van der Waals surface area (Å²) in [7, 11) is 1.66. The van der Waals surface area contributed by atoms with Gasteiger partial charge in [-0.15, -0.1) is 0 Å². The highest BCUT2D eigenvalue weighted by Gasteiger charge is 2.18. The highest BCUT2D eigenvalue weighted by Crippen LogP contribution is 2.26. The smallest absolute Gasteiger partial charge is 0.123 e. The molecular formula is C13H19FO2. The zero-order valence-electron chi connectivity index (χ0n) is 9.82. The lowest BCUT2D eigenvalue weighted by atomic mass is 9.86. The monoisotopic (exact) mass is 226 g/mol. The van der Waals surface area contributed by atoms with E-state index in [4.69, 9.17) is 4.74 Å². The topological polar surface area (TPSA) is 29.5 Å². The van der Waals surface area contributed by atoms with E-state index in [-0.39, 0.29) is 24.3 Å². The van der Waals surface area contributed by atoms with E-state index in [1.165, 1.54) is 12.1 Å². The first kappa shape index (κ1) is 13.1. The predicted molar refractivity (Wildman–Crippen MR) is 61.9 cm³/mol. The maximum absolute atomic E-state index is 13.1. The molecule has 1 aromatic carbocycles. The number of hydrogen-bond donors (Lipinski definition) is 1. The Hall–Kier alpha value is -0.930. The van der Waals surface area contributed by atoms with Gasteiger partial charge in [0.1, 0.15) is 5.82 Å². The van der Waals surface area contributed by atoms with Gasteiger partial charge >= 0.3 is 0 Å². The van der Waals surface area contributed by atoms with Crippen molar-refractivity contribution in [3.8, 4) is 0 Å². The molecule has 16 heavy (non-hydrogen) atoms. The average molecular weight is 226 g/mol. The molecule has 0 aromatic heterocycles. The summed E-state index contributed by atoms with van der Waals surface area (Å²) in [6.07, 6.45) is 0.859. The third-order valence-corrected chi connectivity index (χ3v) is 2.94. The van der Waals surface area contributed by atoms with Crippen LogP contribution in [0.15, 0.2) is 24.3 Å². The Morgan fingerprint density at radius 3 is 2.75 bits per heavy atom. The SMILES string of the molecule is COCCC(C)C(CO)c1cccc(F)c1. The maximum Gasteiger partial charge on any atom is 0.123 e. The summed E-state index contributed by atoms with van der Waals surface area (Å²) in [4.78, 5) is 0. The molecule has 2 nitrogen and oxygen atoms in total. The van der Waals surface area contributed by atoms with Crippen molar-refractivity contribution in [2.45, 2.75) is 19.3 Å². The molecule has 0 fully saturated rings. The van der Waals surface area contributed by atoms with E-state index < -0.39 is 0 Å². The molecule has 0 aliphatic rings.